The minimum absolute atomic E-state index is 0.0832. The number of fused-ring (bicyclic) bond motifs is 1. The lowest BCUT2D eigenvalue weighted by Gasteiger charge is -2.34. The number of hydrazine groups is 1. The fourth-order valence-electron chi connectivity index (χ4n) is 3.98. The van der Waals surface area contributed by atoms with E-state index in [0.29, 0.717) is 12.6 Å². The Morgan fingerprint density at radius 1 is 1.33 bits per heavy atom. The standard InChI is InChI=1S/C19H25FN6O/c1-24-8-7-17-16(12-24)18(23-22-17)19(27)25(2)10-13-9-21-26(11-13)15-5-3-14(20)4-6-15/h3-6,9,11,16-18,22-23H,7-8,10,12H2,1-2H3. The molecule has 0 saturated carbocycles. The molecule has 27 heavy (non-hydrogen) atoms. The fraction of sp³-hybridized carbons (Fsp3) is 0.474. The van der Waals surface area contributed by atoms with Gasteiger partial charge in [0, 0.05) is 43.9 Å². The Kier molecular flexibility index (Phi) is 4.94. The maximum absolute atomic E-state index is 13.1. The average molecular weight is 372 g/mol. The van der Waals surface area contributed by atoms with E-state index < -0.39 is 0 Å². The Hall–Kier alpha value is -2.29. The Bertz CT molecular complexity index is 807. The topological polar surface area (TPSA) is 65.4 Å². The molecule has 144 valence electrons. The van der Waals surface area contributed by atoms with Crippen molar-refractivity contribution in [2.45, 2.75) is 25.0 Å². The van der Waals surface area contributed by atoms with Crippen LogP contribution in [0.4, 0.5) is 4.39 Å². The highest BCUT2D eigenvalue weighted by atomic mass is 19.1. The highest BCUT2D eigenvalue weighted by Crippen LogP contribution is 2.24. The van der Waals surface area contributed by atoms with Crippen molar-refractivity contribution in [2.75, 3.05) is 27.2 Å². The normalized spacial score (nSPS) is 25.4. The zero-order valence-corrected chi connectivity index (χ0v) is 15.6. The summed E-state index contributed by atoms with van der Waals surface area (Å²) in [6.45, 7) is 2.44. The number of hydrogen-bond acceptors (Lipinski definition) is 5. The third-order valence-corrected chi connectivity index (χ3v) is 5.50. The van der Waals surface area contributed by atoms with Crippen molar-refractivity contribution in [3.8, 4) is 5.69 Å². The second-order valence-electron chi connectivity index (χ2n) is 7.55. The number of nitrogens with one attached hydrogen (secondary N) is 2. The second kappa shape index (κ2) is 7.38. The summed E-state index contributed by atoms with van der Waals surface area (Å²) >= 11 is 0. The lowest BCUT2D eigenvalue weighted by molar-refractivity contribution is -0.133. The molecule has 2 fully saturated rings. The molecule has 3 unspecified atom stereocenters. The Morgan fingerprint density at radius 2 is 2.11 bits per heavy atom. The average Bonchev–Trinajstić information content (AvgIpc) is 3.28. The molecule has 3 atom stereocenters. The number of amides is 1. The van der Waals surface area contributed by atoms with Crippen LogP contribution < -0.4 is 10.9 Å². The number of benzene rings is 1. The Labute approximate surface area is 158 Å². The van der Waals surface area contributed by atoms with Crippen LogP contribution in [0, 0.1) is 11.7 Å². The summed E-state index contributed by atoms with van der Waals surface area (Å²) in [6, 6.07) is 6.30. The van der Waals surface area contributed by atoms with Crippen LogP contribution in [0.15, 0.2) is 36.7 Å². The van der Waals surface area contributed by atoms with Crippen molar-refractivity contribution in [1.82, 2.24) is 30.4 Å². The van der Waals surface area contributed by atoms with Gasteiger partial charge in [-0.3, -0.25) is 10.2 Å². The van der Waals surface area contributed by atoms with Crippen LogP contribution in [0.3, 0.4) is 0 Å². The summed E-state index contributed by atoms with van der Waals surface area (Å²) in [5.74, 6) is 0.0845. The molecule has 7 nitrogen and oxygen atoms in total. The smallest absolute Gasteiger partial charge is 0.241 e. The molecule has 3 heterocycles. The van der Waals surface area contributed by atoms with Crippen molar-refractivity contribution >= 4 is 5.91 Å². The van der Waals surface area contributed by atoms with E-state index in [0.717, 1.165) is 30.8 Å². The maximum atomic E-state index is 13.1. The predicted octanol–water partition coefficient (Wildman–Crippen LogP) is 0.767. The van der Waals surface area contributed by atoms with Gasteiger partial charge in [0.1, 0.15) is 11.9 Å². The van der Waals surface area contributed by atoms with E-state index in [1.807, 2.05) is 13.2 Å². The van der Waals surface area contributed by atoms with E-state index in [9.17, 15) is 9.18 Å². The number of aromatic nitrogens is 2. The fourth-order valence-corrected chi connectivity index (χ4v) is 3.98. The molecular weight excluding hydrogens is 347 g/mol. The number of halogens is 1. The molecule has 0 aliphatic carbocycles. The number of carbonyl (C=O) groups excluding carboxylic acids is 1. The van der Waals surface area contributed by atoms with Crippen LogP contribution in [0.1, 0.15) is 12.0 Å². The lowest BCUT2D eigenvalue weighted by atomic mass is 9.88. The van der Waals surface area contributed by atoms with Gasteiger partial charge < -0.3 is 9.80 Å². The minimum Gasteiger partial charge on any atom is -0.340 e. The SMILES string of the molecule is CN1CCC2NNC(C(=O)N(C)Cc3cnn(-c4ccc(F)cc4)c3)C2C1. The van der Waals surface area contributed by atoms with Gasteiger partial charge in [0.15, 0.2) is 0 Å². The first kappa shape index (κ1) is 18.1. The first-order valence-electron chi connectivity index (χ1n) is 9.25. The van der Waals surface area contributed by atoms with Crippen molar-refractivity contribution < 1.29 is 9.18 Å². The molecule has 2 aromatic rings. The molecule has 1 aromatic carbocycles. The molecule has 0 spiro atoms. The molecule has 0 bridgehead atoms. The lowest BCUT2D eigenvalue weighted by Crippen LogP contribution is -2.49. The van der Waals surface area contributed by atoms with Crippen LogP contribution in [-0.4, -0.2) is 64.8 Å². The van der Waals surface area contributed by atoms with Gasteiger partial charge in [0.2, 0.25) is 5.91 Å². The van der Waals surface area contributed by atoms with Gasteiger partial charge in [0.25, 0.3) is 0 Å². The summed E-state index contributed by atoms with van der Waals surface area (Å²) in [4.78, 5) is 17.0. The van der Waals surface area contributed by atoms with E-state index in [2.05, 4.69) is 27.9 Å². The number of nitrogens with zero attached hydrogens (tertiary/aromatic N) is 4. The monoisotopic (exact) mass is 372 g/mol. The minimum atomic E-state index is -0.277. The van der Waals surface area contributed by atoms with Gasteiger partial charge in [0.05, 0.1) is 11.9 Å². The van der Waals surface area contributed by atoms with E-state index >= 15 is 0 Å². The number of hydrogen-bond donors (Lipinski definition) is 2. The van der Waals surface area contributed by atoms with Gasteiger partial charge in [-0.2, -0.15) is 5.10 Å². The molecular formula is C19H25FN6O. The van der Waals surface area contributed by atoms with Crippen molar-refractivity contribution in [3.05, 3.63) is 48.0 Å². The molecule has 2 aliphatic rings. The summed E-state index contributed by atoms with van der Waals surface area (Å²) < 4.78 is 14.8. The molecule has 0 radical (unpaired) electrons. The molecule has 1 amide bonds. The van der Waals surface area contributed by atoms with Crippen LogP contribution in [-0.2, 0) is 11.3 Å². The van der Waals surface area contributed by atoms with Crippen molar-refractivity contribution in [1.29, 1.82) is 0 Å². The third-order valence-electron chi connectivity index (χ3n) is 5.50. The van der Waals surface area contributed by atoms with E-state index in [1.54, 1.807) is 27.9 Å². The van der Waals surface area contributed by atoms with Crippen LogP contribution in [0.25, 0.3) is 5.69 Å². The van der Waals surface area contributed by atoms with Crippen molar-refractivity contribution in [3.63, 3.8) is 0 Å². The first-order chi connectivity index (χ1) is 13.0. The van der Waals surface area contributed by atoms with Gasteiger partial charge in [-0.05, 0) is 44.3 Å². The van der Waals surface area contributed by atoms with Gasteiger partial charge in [-0.1, -0.05) is 0 Å². The Balaban J connectivity index is 1.41. The van der Waals surface area contributed by atoms with Crippen molar-refractivity contribution in [2.24, 2.45) is 5.92 Å². The maximum Gasteiger partial charge on any atom is 0.241 e. The molecule has 8 heteroatoms. The number of rotatable bonds is 4. The Morgan fingerprint density at radius 3 is 2.89 bits per heavy atom. The number of likely N-dealkylation sites (N-methyl/N-ethyl adjacent to an activating group) is 1. The third kappa shape index (κ3) is 3.73. The summed E-state index contributed by atoms with van der Waals surface area (Å²) in [7, 11) is 3.92. The highest BCUT2D eigenvalue weighted by Gasteiger charge is 2.43. The summed E-state index contributed by atoms with van der Waals surface area (Å²) in [5, 5.41) is 4.32. The molecule has 2 aliphatic heterocycles. The zero-order chi connectivity index (χ0) is 19.0. The highest BCUT2D eigenvalue weighted by molar-refractivity contribution is 5.82. The number of piperidine rings is 1. The van der Waals surface area contributed by atoms with Gasteiger partial charge in [-0.25, -0.2) is 14.5 Å². The van der Waals surface area contributed by atoms with Gasteiger partial charge in [-0.15, -0.1) is 0 Å². The van der Waals surface area contributed by atoms with E-state index in [1.165, 1.54) is 12.1 Å². The molecule has 2 saturated heterocycles. The van der Waals surface area contributed by atoms with E-state index in [4.69, 9.17) is 0 Å². The quantitative estimate of drug-likeness (QED) is 0.830. The summed E-state index contributed by atoms with van der Waals surface area (Å²) in [6.07, 6.45) is 4.66. The molecule has 1 aromatic heterocycles. The molecule has 2 N–H and O–H groups in total. The number of likely N-dealkylation sites (tertiary alicyclic amines) is 1. The largest absolute Gasteiger partial charge is 0.340 e. The van der Waals surface area contributed by atoms with E-state index in [-0.39, 0.29) is 23.7 Å². The van der Waals surface area contributed by atoms with Gasteiger partial charge >= 0.3 is 0 Å². The predicted molar refractivity (Wildman–Crippen MR) is 99.4 cm³/mol. The van der Waals surface area contributed by atoms with Crippen LogP contribution >= 0.6 is 0 Å². The second-order valence-corrected chi connectivity index (χ2v) is 7.55. The number of carbonyl (C=O) groups is 1. The van der Waals surface area contributed by atoms with Crippen LogP contribution in [0.5, 0.6) is 0 Å². The molecule has 4 rings (SSSR count). The first-order valence-corrected chi connectivity index (χ1v) is 9.25. The van der Waals surface area contributed by atoms with Crippen LogP contribution in [0.2, 0.25) is 0 Å². The summed E-state index contributed by atoms with van der Waals surface area (Å²) in [5.41, 5.74) is 8.20. The zero-order valence-electron chi connectivity index (χ0n) is 15.6.